The number of carbonyl (C=O) groups is 1. The van der Waals surface area contributed by atoms with Crippen molar-refractivity contribution in [2.45, 2.75) is 32.5 Å². The Morgan fingerprint density at radius 3 is 2.53 bits per heavy atom. The van der Waals surface area contributed by atoms with Crippen LogP contribution in [0.25, 0.3) is 22.2 Å². The number of aromatic nitrogens is 3. The molecule has 0 spiro atoms. The number of nitrogens with one attached hydrogen (secondary N) is 1. The van der Waals surface area contributed by atoms with Crippen LogP contribution >= 0.6 is 11.8 Å². The van der Waals surface area contributed by atoms with Gasteiger partial charge in [-0.25, -0.2) is 5.43 Å². The highest BCUT2D eigenvalue weighted by Gasteiger charge is 2.14. The normalized spacial score (nSPS) is 11.7. The number of benzene rings is 3. The molecule has 32 heavy (non-hydrogen) atoms. The van der Waals surface area contributed by atoms with Crippen LogP contribution < -0.4 is 5.43 Å². The summed E-state index contributed by atoms with van der Waals surface area (Å²) in [5.74, 6) is 0.832. The molecule has 1 N–H and O–H groups in total. The van der Waals surface area contributed by atoms with Gasteiger partial charge in [-0.2, -0.15) is 5.10 Å². The third-order valence-corrected chi connectivity index (χ3v) is 6.16. The SMILES string of the molecule is CCn1c(SCC(=O)NN=C(C)c2ccc3ccccc3c2)nnc1-c1ccc(C)cc1. The molecule has 0 radical (unpaired) electrons. The minimum absolute atomic E-state index is 0.183. The highest BCUT2D eigenvalue weighted by molar-refractivity contribution is 7.99. The molecule has 3 aromatic carbocycles. The molecule has 0 saturated carbocycles. The van der Waals surface area contributed by atoms with Crippen molar-refractivity contribution >= 4 is 34.2 Å². The quantitative estimate of drug-likeness (QED) is 0.246. The van der Waals surface area contributed by atoms with E-state index in [1.165, 1.54) is 22.7 Å². The van der Waals surface area contributed by atoms with Crippen LogP contribution in [-0.2, 0) is 11.3 Å². The van der Waals surface area contributed by atoms with Crippen LogP contribution in [0.1, 0.15) is 25.0 Å². The van der Waals surface area contributed by atoms with Crippen molar-refractivity contribution in [1.82, 2.24) is 20.2 Å². The van der Waals surface area contributed by atoms with Gasteiger partial charge in [-0.1, -0.05) is 78.0 Å². The maximum atomic E-state index is 12.4. The van der Waals surface area contributed by atoms with E-state index >= 15 is 0 Å². The molecule has 0 saturated heterocycles. The predicted molar refractivity (Wildman–Crippen MR) is 131 cm³/mol. The van der Waals surface area contributed by atoms with E-state index < -0.39 is 0 Å². The first kappa shape index (κ1) is 21.8. The molecule has 162 valence electrons. The number of amides is 1. The lowest BCUT2D eigenvalue weighted by molar-refractivity contribution is -0.118. The van der Waals surface area contributed by atoms with Crippen LogP contribution in [0, 0.1) is 6.92 Å². The van der Waals surface area contributed by atoms with Crippen LogP contribution in [0.3, 0.4) is 0 Å². The van der Waals surface area contributed by atoms with Crippen molar-refractivity contribution in [1.29, 1.82) is 0 Å². The largest absolute Gasteiger partial charge is 0.302 e. The summed E-state index contributed by atoms with van der Waals surface area (Å²) in [6.07, 6.45) is 0. The molecule has 4 aromatic rings. The van der Waals surface area contributed by atoms with Crippen molar-refractivity contribution in [2.75, 3.05) is 5.75 Å². The van der Waals surface area contributed by atoms with Crippen molar-refractivity contribution in [3.63, 3.8) is 0 Å². The Morgan fingerprint density at radius 2 is 1.78 bits per heavy atom. The van der Waals surface area contributed by atoms with Crippen LogP contribution in [0.5, 0.6) is 0 Å². The average Bonchev–Trinajstić information content (AvgIpc) is 3.24. The Labute approximate surface area is 191 Å². The molecule has 1 aromatic heterocycles. The summed E-state index contributed by atoms with van der Waals surface area (Å²) in [5, 5.41) is 15.9. The Balaban J connectivity index is 1.39. The van der Waals surface area contributed by atoms with Crippen molar-refractivity contribution in [3.8, 4) is 11.4 Å². The fourth-order valence-electron chi connectivity index (χ4n) is 3.38. The van der Waals surface area contributed by atoms with Gasteiger partial charge in [0.1, 0.15) is 0 Å². The molecular weight excluding hydrogens is 418 g/mol. The first-order valence-corrected chi connectivity index (χ1v) is 11.5. The molecule has 0 aliphatic rings. The van der Waals surface area contributed by atoms with Crippen molar-refractivity contribution < 1.29 is 4.79 Å². The van der Waals surface area contributed by atoms with Gasteiger partial charge in [-0.05, 0) is 43.2 Å². The zero-order valence-corrected chi connectivity index (χ0v) is 19.2. The number of fused-ring (bicyclic) bond motifs is 1. The van der Waals surface area contributed by atoms with E-state index in [4.69, 9.17) is 0 Å². The lowest BCUT2D eigenvalue weighted by atomic mass is 10.0. The highest BCUT2D eigenvalue weighted by atomic mass is 32.2. The number of nitrogens with zero attached hydrogens (tertiary/aromatic N) is 4. The predicted octanol–water partition coefficient (Wildman–Crippen LogP) is 5.06. The molecular formula is C25H25N5OS. The molecule has 0 aliphatic carbocycles. The Hall–Kier alpha value is -3.45. The van der Waals surface area contributed by atoms with Crippen LogP contribution in [-0.4, -0.2) is 32.1 Å². The monoisotopic (exact) mass is 443 g/mol. The van der Waals surface area contributed by atoms with Gasteiger partial charge in [0, 0.05) is 12.1 Å². The molecule has 4 rings (SSSR count). The maximum Gasteiger partial charge on any atom is 0.250 e. The number of hydrogen-bond donors (Lipinski definition) is 1. The van der Waals surface area contributed by atoms with E-state index in [-0.39, 0.29) is 11.7 Å². The topological polar surface area (TPSA) is 72.2 Å². The van der Waals surface area contributed by atoms with Crippen molar-refractivity contribution in [2.24, 2.45) is 5.10 Å². The summed E-state index contributed by atoms with van der Waals surface area (Å²) >= 11 is 1.36. The second kappa shape index (κ2) is 9.78. The first-order valence-electron chi connectivity index (χ1n) is 10.5. The van der Waals surface area contributed by atoms with Gasteiger partial charge in [-0.3, -0.25) is 4.79 Å². The molecule has 0 atom stereocenters. The standard InChI is InChI=1S/C25H25N5OS/c1-4-30-24(20-11-9-17(2)10-12-20)28-29-25(30)32-16-23(31)27-26-18(3)21-14-13-19-7-5-6-8-22(19)15-21/h5-15H,4,16H2,1-3H3,(H,27,31). The second-order valence-corrected chi connectivity index (χ2v) is 8.44. The Kier molecular flexibility index (Phi) is 6.66. The van der Waals surface area contributed by atoms with E-state index in [9.17, 15) is 4.79 Å². The summed E-state index contributed by atoms with van der Waals surface area (Å²) in [6.45, 7) is 6.71. The van der Waals surface area contributed by atoms with E-state index in [2.05, 4.69) is 64.0 Å². The number of aryl methyl sites for hydroxylation is 1. The van der Waals surface area contributed by atoms with E-state index in [0.29, 0.717) is 5.16 Å². The lowest BCUT2D eigenvalue weighted by Gasteiger charge is -2.07. The number of hydrogen-bond acceptors (Lipinski definition) is 5. The third kappa shape index (κ3) is 4.89. The van der Waals surface area contributed by atoms with Gasteiger partial charge in [0.05, 0.1) is 11.5 Å². The zero-order chi connectivity index (χ0) is 22.5. The minimum atomic E-state index is -0.183. The molecule has 0 bridgehead atoms. The van der Waals surface area contributed by atoms with Crippen LogP contribution in [0.15, 0.2) is 77.0 Å². The number of thioether (sulfide) groups is 1. The van der Waals surface area contributed by atoms with Gasteiger partial charge >= 0.3 is 0 Å². The highest BCUT2D eigenvalue weighted by Crippen LogP contribution is 2.24. The van der Waals surface area contributed by atoms with E-state index in [0.717, 1.165) is 34.6 Å². The van der Waals surface area contributed by atoms with E-state index in [1.54, 1.807) is 0 Å². The van der Waals surface area contributed by atoms with Gasteiger partial charge in [0.2, 0.25) is 0 Å². The molecule has 1 amide bonds. The van der Waals surface area contributed by atoms with Crippen molar-refractivity contribution in [3.05, 3.63) is 77.9 Å². The molecule has 1 heterocycles. The lowest BCUT2D eigenvalue weighted by Crippen LogP contribution is -2.21. The maximum absolute atomic E-state index is 12.4. The smallest absolute Gasteiger partial charge is 0.250 e. The molecule has 6 nitrogen and oxygen atoms in total. The van der Waals surface area contributed by atoms with Gasteiger partial charge in [-0.15, -0.1) is 10.2 Å². The Morgan fingerprint density at radius 1 is 1.03 bits per heavy atom. The third-order valence-electron chi connectivity index (χ3n) is 5.19. The zero-order valence-electron chi connectivity index (χ0n) is 18.4. The fraction of sp³-hybridized carbons (Fsp3) is 0.200. The molecule has 0 fully saturated rings. The molecule has 0 aliphatic heterocycles. The first-order chi connectivity index (χ1) is 15.5. The minimum Gasteiger partial charge on any atom is -0.302 e. The summed E-state index contributed by atoms with van der Waals surface area (Å²) in [4.78, 5) is 12.4. The van der Waals surface area contributed by atoms with Gasteiger partial charge in [0.25, 0.3) is 5.91 Å². The van der Waals surface area contributed by atoms with Gasteiger partial charge < -0.3 is 4.57 Å². The number of rotatable bonds is 7. The fourth-order valence-corrected chi connectivity index (χ4v) is 4.18. The number of carbonyl (C=O) groups excluding carboxylic acids is 1. The second-order valence-electron chi connectivity index (χ2n) is 7.50. The van der Waals surface area contributed by atoms with Crippen LogP contribution in [0.4, 0.5) is 0 Å². The summed E-state index contributed by atoms with van der Waals surface area (Å²) in [7, 11) is 0. The Bertz CT molecular complexity index is 1280. The number of hydrazone groups is 1. The van der Waals surface area contributed by atoms with Crippen LogP contribution in [0.2, 0.25) is 0 Å². The summed E-state index contributed by atoms with van der Waals surface area (Å²) in [6, 6.07) is 22.5. The summed E-state index contributed by atoms with van der Waals surface area (Å²) < 4.78 is 2.02. The summed E-state index contributed by atoms with van der Waals surface area (Å²) in [5.41, 5.74) is 6.59. The van der Waals surface area contributed by atoms with Gasteiger partial charge in [0.15, 0.2) is 11.0 Å². The molecule has 0 unspecified atom stereocenters. The van der Waals surface area contributed by atoms with E-state index in [1.807, 2.05) is 48.7 Å². The average molecular weight is 444 g/mol. The molecule has 7 heteroatoms.